The van der Waals surface area contributed by atoms with E-state index in [0.29, 0.717) is 5.56 Å². The second-order valence-electron chi connectivity index (χ2n) is 4.38. The number of benzene rings is 2. The summed E-state index contributed by atoms with van der Waals surface area (Å²) in [6.07, 6.45) is 0. The summed E-state index contributed by atoms with van der Waals surface area (Å²) >= 11 is 8.51. The number of carbonyl (C=O) groups excluding carboxylic acids is 1. The van der Waals surface area contributed by atoms with E-state index in [4.69, 9.17) is 12.2 Å². The normalized spacial score (nSPS) is 10.0. The lowest BCUT2D eigenvalue weighted by molar-refractivity contribution is 0.0977. The second-order valence-corrected chi connectivity index (χ2v) is 5.64. The fraction of sp³-hybridized carbons (Fsp3) is 0.0667. The highest BCUT2D eigenvalue weighted by atomic mass is 79.9. The van der Waals surface area contributed by atoms with Crippen LogP contribution in [0.15, 0.2) is 46.9 Å². The molecular weight excluding hydrogens is 355 g/mol. The van der Waals surface area contributed by atoms with Crippen LogP contribution in [-0.2, 0) is 0 Å². The molecule has 108 valence electrons. The van der Waals surface area contributed by atoms with E-state index in [0.717, 1.165) is 15.7 Å². The molecule has 0 spiro atoms. The van der Waals surface area contributed by atoms with E-state index >= 15 is 0 Å². The quantitative estimate of drug-likeness (QED) is 0.788. The van der Waals surface area contributed by atoms with Gasteiger partial charge in [-0.05, 0) is 61.1 Å². The van der Waals surface area contributed by atoms with Crippen molar-refractivity contribution in [2.45, 2.75) is 6.92 Å². The average Bonchev–Trinajstić information content (AvgIpc) is 2.43. The first-order valence-corrected chi connectivity index (χ1v) is 7.30. The number of rotatable bonds is 2. The molecule has 0 aliphatic rings. The summed E-state index contributed by atoms with van der Waals surface area (Å²) in [7, 11) is 0. The molecule has 0 unspecified atom stereocenters. The number of amides is 1. The Labute approximate surface area is 135 Å². The van der Waals surface area contributed by atoms with Crippen molar-refractivity contribution < 1.29 is 9.18 Å². The van der Waals surface area contributed by atoms with Crippen LogP contribution in [0, 0.1) is 12.7 Å². The SMILES string of the molecule is Cc1ccc(NC(=S)NC(=O)c2ccc(F)cc2)cc1Br. The van der Waals surface area contributed by atoms with Crippen molar-refractivity contribution in [1.29, 1.82) is 0 Å². The molecule has 3 nitrogen and oxygen atoms in total. The standard InChI is InChI=1S/C15H12BrFN2OS/c1-9-2-7-12(8-13(9)16)18-15(21)19-14(20)10-3-5-11(17)6-4-10/h2-8H,1H3,(H2,18,19,20,21). The highest BCUT2D eigenvalue weighted by Gasteiger charge is 2.08. The van der Waals surface area contributed by atoms with Gasteiger partial charge in [0, 0.05) is 15.7 Å². The third-order valence-electron chi connectivity index (χ3n) is 2.76. The van der Waals surface area contributed by atoms with Crippen molar-refractivity contribution in [1.82, 2.24) is 5.32 Å². The maximum absolute atomic E-state index is 12.8. The minimum atomic E-state index is -0.392. The highest BCUT2D eigenvalue weighted by molar-refractivity contribution is 9.10. The Balaban J connectivity index is 1.99. The van der Waals surface area contributed by atoms with Gasteiger partial charge < -0.3 is 5.32 Å². The lowest BCUT2D eigenvalue weighted by atomic mass is 10.2. The van der Waals surface area contributed by atoms with Gasteiger partial charge in [0.05, 0.1) is 0 Å². The molecule has 0 atom stereocenters. The fourth-order valence-corrected chi connectivity index (χ4v) is 2.20. The molecule has 0 bridgehead atoms. The van der Waals surface area contributed by atoms with Crippen LogP contribution in [0.3, 0.4) is 0 Å². The molecule has 0 aliphatic heterocycles. The molecular formula is C15H12BrFN2OS. The van der Waals surface area contributed by atoms with E-state index in [2.05, 4.69) is 26.6 Å². The first-order chi connectivity index (χ1) is 9.95. The maximum Gasteiger partial charge on any atom is 0.257 e. The van der Waals surface area contributed by atoms with Gasteiger partial charge in [-0.15, -0.1) is 0 Å². The molecule has 2 rings (SSSR count). The van der Waals surface area contributed by atoms with Gasteiger partial charge in [-0.2, -0.15) is 0 Å². The molecule has 0 saturated carbocycles. The Kier molecular flexibility index (Phi) is 5.03. The predicted molar refractivity (Wildman–Crippen MR) is 89.0 cm³/mol. The van der Waals surface area contributed by atoms with Crippen LogP contribution >= 0.6 is 28.1 Å². The van der Waals surface area contributed by atoms with Crippen molar-refractivity contribution in [2.24, 2.45) is 0 Å². The number of carbonyl (C=O) groups is 1. The van der Waals surface area contributed by atoms with Crippen LogP contribution in [0.5, 0.6) is 0 Å². The van der Waals surface area contributed by atoms with Crippen LogP contribution in [-0.4, -0.2) is 11.0 Å². The zero-order valence-electron chi connectivity index (χ0n) is 11.1. The van der Waals surface area contributed by atoms with Gasteiger partial charge in [0.2, 0.25) is 0 Å². The summed E-state index contributed by atoms with van der Waals surface area (Å²) in [4.78, 5) is 11.9. The van der Waals surface area contributed by atoms with Crippen molar-refractivity contribution in [3.8, 4) is 0 Å². The summed E-state index contributed by atoms with van der Waals surface area (Å²) in [6.45, 7) is 1.97. The Morgan fingerprint density at radius 3 is 2.48 bits per heavy atom. The van der Waals surface area contributed by atoms with E-state index in [-0.39, 0.29) is 5.11 Å². The topological polar surface area (TPSA) is 41.1 Å². The molecule has 21 heavy (non-hydrogen) atoms. The molecule has 2 N–H and O–H groups in total. The minimum Gasteiger partial charge on any atom is -0.332 e. The van der Waals surface area contributed by atoms with Gasteiger partial charge in [0.1, 0.15) is 5.82 Å². The Morgan fingerprint density at radius 2 is 1.86 bits per heavy atom. The third kappa shape index (κ3) is 4.34. The van der Waals surface area contributed by atoms with Gasteiger partial charge in [-0.25, -0.2) is 4.39 Å². The van der Waals surface area contributed by atoms with E-state index in [1.54, 1.807) is 0 Å². The van der Waals surface area contributed by atoms with E-state index in [1.165, 1.54) is 24.3 Å². The van der Waals surface area contributed by atoms with Gasteiger partial charge >= 0.3 is 0 Å². The van der Waals surface area contributed by atoms with Crippen molar-refractivity contribution in [2.75, 3.05) is 5.32 Å². The second kappa shape index (κ2) is 6.78. The summed E-state index contributed by atoms with van der Waals surface area (Å²) in [5, 5.41) is 5.64. The van der Waals surface area contributed by atoms with Crippen molar-refractivity contribution in [3.05, 3.63) is 63.9 Å². The molecule has 0 saturated heterocycles. The monoisotopic (exact) mass is 366 g/mol. The van der Waals surface area contributed by atoms with Crippen LogP contribution < -0.4 is 10.6 Å². The van der Waals surface area contributed by atoms with Crippen LogP contribution in [0.2, 0.25) is 0 Å². The van der Waals surface area contributed by atoms with E-state index in [9.17, 15) is 9.18 Å². The third-order valence-corrected chi connectivity index (χ3v) is 3.82. The fourth-order valence-electron chi connectivity index (χ4n) is 1.61. The van der Waals surface area contributed by atoms with Gasteiger partial charge in [-0.1, -0.05) is 22.0 Å². The van der Waals surface area contributed by atoms with Crippen LogP contribution in [0.25, 0.3) is 0 Å². The molecule has 0 heterocycles. The summed E-state index contributed by atoms with van der Waals surface area (Å²) in [5.41, 5.74) is 2.20. The lowest BCUT2D eigenvalue weighted by Gasteiger charge is -2.10. The Morgan fingerprint density at radius 1 is 1.19 bits per heavy atom. The zero-order chi connectivity index (χ0) is 15.4. The number of halogens is 2. The van der Waals surface area contributed by atoms with Gasteiger partial charge in [0.25, 0.3) is 5.91 Å². The predicted octanol–water partition coefficient (Wildman–Crippen LogP) is 4.02. The zero-order valence-corrected chi connectivity index (χ0v) is 13.5. The number of aryl methyl sites for hydroxylation is 1. The van der Waals surface area contributed by atoms with E-state index < -0.39 is 11.7 Å². The van der Waals surface area contributed by atoms with Gasteiger partial charge in [-0.3, -0.25) is 10.1 Å². The van der Waals surface area contributed by atoms with Crippen molar-refractivity contribution in [3.63, 3.8) is 0 Å². The van der Waals surface area contributed by atoms with E-state index in [1.807, 2.05) is 25.1 Å². The molecule has 0 fully saturated rings. The average molecular weight is 367 g/mol. The summed E-state index contributed by atoms with van der Waals surface area (Å²) in [6, 6.07) is 10.9. The Bertz CT molecular complexity index is 689. The number of nitrogens with one attached hydrogen (secondary N) is 2. The summed E-state index contributed by atoms with van der Waals surface area (Å²) in [5.74, 6) is -0.782. The first kappa shape index (κ1) is 15.6. The molecule has 2 aromatic rings. The van der Waals surface area contributed by atoms with Crippen LogP contribution in [0.4, 0.5) is 10.1 Å². The largest absolute Gasteiger partial charge is 0.332 e. The van der Waals surface area contributed by atoms with Gasteiger partial charge in [0.15, 0.2) is 5.11 Å². The minimum absolute atomic E-state index is 0.181. The molecule has 0 aromatic heterocycles. The molecule has 0 radical (unpaired) electrons. The number of hydrogen-bond donors (Lipinski definition) is 2. The molecule has 2 aromatic carbocycles. The smallest absolute Gasteiger partial charge is 0.257 e. The number of thiocarbonyl (C=S) groups is 1. The first-order valence-electron chi connectivity index (χ1n) is 6.10. The molecule has 0 aliphatic carbocycles. The van der Waals surface area contributed by atoms with Crippen LogP contribution in [0.1, 0.15) is 15.9 Å². The maximum atomic E-state index is 12.8. The van der Waals surface area contributed by atoms with Crippen molar-refractivity contribution >= 4 is 44.9 Å². The molecule has 6 heteroatoms. The lowest BCUT2D eigenvalue weighted by Crippen LogP contribution is -2.34. The summed E-state index contributed by atoms with van der Waals surface area (Å²) < 4.78 is 13.7. The number of hydrogen-bond acceptors (Lipinski definition) is 2. The highest BCUT2D eigenvalue weighted by Crippen LogP contribution is 2.20. The molecule has 1 amide bonds. The number of anilines is 1. The Hall–Kier alpha value is -1.79.